The van der Waals surface area contributed by atoms with Gasteiger partial charge in [-0.2, -0.15) is 0 Å². The number of carbonyl (C=O) groups excluding carboxylic acids is 1. The van der Waals surface area contributed by atoms with Crippen LogP contribution < -0.4 is 0 Å². The molecule has 0 spiro atoms. The normalized spacial score (nSPS) is 11.0. The van der Waals surface area contributed by atoms with Crippen molar-refractivity contribution in [1.82, 2.24) is 0 Å². The first-order valence-corrected chi connectivity index (χ1v) is 3.40. The van der Waals surface area contributed by atoms with E-state index in [9.17, 15) is 4.79 Å². The van der Waals surface area contributed by atoms with E-state index in [1.54, 1.807) is 6.92 Å². The van der Waals surface area contributed by atoms with Gasteiger partial charge in [0.2, 0.25) is 0 Å². The van der Waals surface area contributed by atoms with Gasteiger partial charge in [0, 0.05) is 5.57 Å². The molecular formula is C9H14O. The van der Waals surface area contributed by atoms with E-state index in [2.05, 4.69) is 0 Å². The van der Waals surface area contributed by atoms with Crippen LogP contribution in [0.4, 0.5) is 0 Å². The summed E-state index contributed by atoms with van der Waals surface area (Å²) in [4.78, 5) is 10.8. The van der Waals surface area contributed by atoms with Crippen molar-refractivity contribution >= 4 is 5.78 Å². The zero-order valence-corrected chi connectivity index (χ0v) is 7.06. The number of rotatable bonds is 2. The van der Waals surface area contributed by atoms with E-state index >= 15 is 0 Å². The second-order valence-electron chi connectivity index (χ2n) is 2.52. The van der Waals surface area contributed by atoms with Crippen LogP contribution in [0.1, 0.15) is 27.7 Å². The quantitative estimate of drug-likeness (QED) is 0.423. The molecule has 0 aliphatic carbocycles. The molecule has 1 heteroatoms. The molecule has 0 saturated carbocycles. The standard InChI is InChI=1S/C9H14O/c1-5-9(8(4)10)6-7(2)3/h5-6H,1-4H3/b9-5+. The molecule has 0 radical (unpaired) electrons. The maximum absolute atomic E-state index is 10.8. The van der Waals surface area contributed by atoms with Crippen molar-refractivity contribution in [2.45, 2.75) is 27.7 Å². The van der Waals surface area contributed by atoms with Crippen molar-refractivity contribution in [3.8, 4) is 0 Å². The lowest BCUT2D eigenvalue weighted by Crippen LogP contribution is -1.92. The zero-order valence-electron chi connectivity index (χ0n) is 7.06. The SMILES string of the molecule is C/C=C(\C=C(C)C)C(C)=O. The summed E-state index contributed by atoms with van der Waals surface area (Å²) in [5.41, 5.74) is 1.95. The summed E-state index contributed by atoms with van der Waals surface area (Å²) in [7, 11) is 0. The molecule has 0 unspecified atom stereocenters. The number of hydrogen-bond donors (Lipinski definition) is 0. The lowest BCUT2D eigenvalue weighted by molar-refractivity contribution is -0.113. The molecule has 0 saturated heterocycles. The van der Waals surface area contributed by atoms with Crippen molar-refractivity contribution in [3.63, 3.8) is 0 Å². The molecule has 10 heavy (non-hydrogen) atoms. The first-order valence-electron chi connectivity index (χ1n) is 3.40. The average molecular weight is 138 g/mol. The van der Waals surface area contributed by atoms with Crippen LogP contribution in [0.25, 0.3) is 0 Å². The number of ketones is 1. The third-order valence-electron chi connectivity index (χ3n) is 1.16. The highest BCUT2D eigenvalue weighted by Crippen LogP contribution is 2.02. The first-order chi connectivity index (χ1) is 4.57. The minimum Gasteiger partial charge on any atom is -0.295 e. The summed E-state index contributed by atoms with van der Waals surface area (Å²) in [6, 6.07) is 0. The number of Topliss-reactive ketones (excluding diaryl/α,β-unsaturated/α-hetero) is 1. The molecule has 0 aromatic rings. The molecule has 0 fully saturated rings. The van der Waals surface area contributed by atoms with E-state index in [4.69, 9.17) is 0 Å². The van der Waals surface area contributed by atoms with Crippen molar-refractivity contribution in [2.24, 2.45) is 0 Å². The van der Waals surface area contributed by atoms with Gasteiger partial charge in [-0.25, -0.2) is 0 Å². The Balaban J connectivity index is 4.42. The van der Waals surface area contributed by atoms with Crippen molar-refractivity contribution in [2.75, 3.05) is 0 Å². The van der Waals surface area contributed by atoms with E-state index in [0.29, 0.717) is 0 Å². The molecule has 0 bridgehead atoms. The average Bonchev–Trinajstić information content (AvgIpc) is 1.81. The van der Waals surface area contributed by atoms with E-state index in [1.807, 2.05) is 32.9 Å². The minimum absolute atomic E-state index is 0.128. The molecular weight excluding hydrogens is 124 g/mol. The predicted octanol–water partition coefficient (Wildman–Crippen LogP) is 2.49. The lowest BCUT2D eigenvalue weighted by Gasteiger charge is -1.94. The maximum atomic E-state index is 10.8. The van der Waals surface area contributed by atoms with Gasteiger partial charge in [0.05, 0.1) is 0 Å². The van der Waals surface area contributed by atoms with Gasteiger partial charge in [0.25, 0.3) is 0 Å². The highest BCUT2D eigenvalue weighted by atomic mass is 16.1. The van der Waals surface area contributed by atoms with Crippen molar-refractivity contribution in [3.05, 3.63) is 23.3 Å². The Morgan fingerprint density at radius 3 is 1.80 bits per heavy atom. The molecule has 56 valence electrons. The van der Waals surface area contributed by atoms with E-state index in [-0.39, 0.29) is 5.78 Å². The highest BCUT2D eigenvalue weighted by Gasteiger charge is 1.95. The van der Waals surface area contributed by atoms with Crippen LogP contribution in [-0.2, 0) is 4.79 Å². The van der Waals surface area contributed by atoms with Gasteiger partial charge in [-0.15, -0.1) is 0 Å². The molecule has 0 aromatic heterocycles. The third-order valence-corrected chi connectivity index (χ3v) is 1.16. The smallest absolute Gasteiger partial charge is 0.159 e. The molecule has 0 amide bonds. The fourth-order valence-corrected chi connectivity index (χ4v) is 0.699. The van der Waals surface area contributed by atoms with Crippen LogP contribution in [-0.4, -0.2) is 5.78 Å². The first kappa shape index (κ1) is 9.15. The van der Waals surface area contributed by atoms with Gasteiger partial charge in [-0.3, -0.25) is 4.79 Å². The van der Waals surface area contributed by atoms with Crippen LogP contribution in [0, 0.1) is 0 Å². The largest absolute Gasteiger partial charge is 0.295 e. The molecule has 1 nitrogen and oxygen atoms in total. The van der Waals surface area contributed by atoms with Crippen LogP contribution in [0.3, 0.4) is 0 Å². The Hall–Kier alpha value is -0.850. The van der Waals surface area contributed by atoms with Crippen LogP contribution in [0.5, 0.6) is 0 Å². The maximum Gasteiger partial charge on any atom is 0.159 e. The molecule has 0 atom stereocenters. The molecule has 0 rings (SSSR count). The predicted molar refractivity (Wildman–Crippen MR) is 43.9 cm³/mol. The van der Waals surface area contributed by atoms with Crippen LogP contribution >= 0.6 is 0 Å². The number of hydrogen-bond acceptors (Lipinski definition) is 1. The summed E-state index contributed by atoms with van der Waals surface area (Å²) in [5.74, 6) is 0.128. The Labute approximate surface area is 62.4 Å². The third kappa shape index (κ3) is 3.23. The number of carbonyl (C=O) groups is 1. The molecule has 0 heterocycles. The summed E-state index contributed by atoms with van der Waals surface area (Å²) >= 11 is 0. The fourth-order valence-electron chi connectivity index (χ4n) is 0.699. The zero-order chi connectivity index (χ0) is 8.15. The van der Waals surface area contributed by atoms with Gasteiger partial charge in [0.1, 0.15) is 0 Å². The molecule has 0 aliphatic heterocycles. The Morgan fingerprint density at radius 2 is 1.70 bits per heavy atom. The topological polar surface area (TPSA) is 17.1 Å². The molecule has 0 N–H and O–H groups in total. The van der Waals surface area contributed by atoms with Gasteiger partial charge in [0.15, 0.2) is 5.78 Å². The van der Waals surface area contributed by atoms with Crippen molar-refractivity contribution in [1.29, 1.82) is 0 Å². The fraction of sp³-hybridized carbons (Fsp3) is 0.444. The van der Waals surface area contributed by atoms with E-state index < -0.39 is 0 Å². The second-order valence-corrected chi connectivity index (χ2v) is 2.52. The summed E-state index contributed by atoms with van der Waals surface area (Å²) in [6.45, 7) is 7.41. The molecule has 0 aliphatic rings. The monoisotopic (exact) mass is 138 g/mol. The van der Waals surface area contributed by atoms with Gasteiger partial charge < -0.3 is 0 Å². The van der Waals surface area contributed by atoms with Gasteiger partial charge in [-0.05, 0) is 27.7 Å². The lowest BCUT2D eigenvalue weighted by atomic mass is 10.1. The summed E-state index contributed by atoms with van der Waals surface area (Å²) < 4.78 is 0. The van der Waals surface area contributed by atoms with Crippen LogP contribution in [0.15, 0.2) is 23.3 Å². The van der Waals surface area contributed by atoms with E-state index in [1.165, 1.54) is 0 Å². The van der Waals surface area contributed by atoms with E-state index in [0.717, 1.165) is 11.1 Å². The summed E-state index contributed by atoms with van der Waals surface area (Å²) in [5, 5.41) is 0. The number of allylic oxidation sites excluding steroid dienone is 4. The van der Waals surface area contributed by atoms with Crippen molar-refractivity contribution < 1.29 is 4.79 Å². The Kier molecular flexibility index (Phi) is 3.70. The highest BCUT2D eigenvalue weighted by molar-refractivity contribution is 5.96. The van der Waals surface area contributed by atoms with Crippen LogP contribution in [0.2, 0.25) is 0 Å². The Morgan fingerprint density at radius 1 is 1.20 bits per heavy atom. The summed E-state index contributed by atoms with van der Waals surface area (Å²) in [6.07, 6.45) is 3.72. The molecule has 0 aromatic carbocycles. The van der Waals surface area contributed by atoms with Gasteiger partial charge in [-0.1, -0.05) is 17.7 Å². The second kappa shape index (κ2) is 4.04. The Bertz CT molecular complexity index is 181. The minimum atomic E-state index is 0.128. The van der Waals surface area contributed by atoms with Gasteiger partial charge >= 0.3 is 0 Å².